The highest BCUT2D eigenvalue weighted by atomic mass is 16.5. The zero-order valence-electron chi connectivity index (χ0n) is 11.0. The standard InChI is InChI=1S/C12H22N2O4/c1-3-4-9-5-6-14(7-9)12(17)13-10(8-18-2)11(15)16/h9-10H,3-8H2,1-2H3,(H,13,17)(H,15,16). The van der Waals surface area contributed by atoms with E-state index in [0.717, 1.165) is 25.8 Å². The van der Waals surface area contributed by atoms with Crippen LogP contribution in [0.25, 0.3) is 0 Å². The van der Waals surface area contributed by atoms with Gasteiger partial charge < -0.3 is 20.1 Å². The van der Waals surface area contributed by atoms with E-state index >= 15 is 0 Å². The van der Waals surface area contributed by atoms with Crippen molar-refractivity contribution in [3.63, 3.8) is 0 Å². The summed E-state index contributed by atoms with van der Waals surface area (Å²) in [6.07, 6.45) is 3.23. The van der Waals surface area contributed by atoms with Crippen LogP contribution < -0.4 is 5.32 Å². The smallest absolute Gasteiger partial charge is 0.328 e. The second kappa shape index (κ2) is 7.20. The van der Waals surface area contributed by atoms with Crippen molar-refractivity contribution in [2.75, 3.05) is 26.8 Å². The topological polar surface area (TPSA) is 78.9 Å². The summed E-state index contributed by atoms with van der Waals surface area (Å²) in [6.45, 7) is 3.53. The molecule has 1 aliphatic heterocycles. The number of nitrogens with one attached hydrogen (secondary N) is 1. The SMILES string of the molecule is CCCC1CCN(C(=O)NC(COC)C(=O)O)C1. The Morgan fingerprint density at radius 1 is 1.56 bits per heavy atom. The molecule has 0 aromatic rings. The predicted octanol–water partition coefficient (Wildman–Crippen LogP) is 0.918. The van der Waals surface area contributed by atoms with Gasteiger partial charge in [-0.2, -0.15) is 0 Å². The molecule has 0 aliphatic carbocycles. The molecule has 2 N–H and O–H groups in total. The fourth-order valence-corrected chi connectivity index (χ4v) is 2.24. The molecule has 0 aromatic heterocycles. The van der Waals surface area contributed by atoms with Crippen molar-refractivity contribution in [2.24, 2.45) is 5.92 Å². The van der Waals surface area contributed by atoms with Crippen molar-refractivity contribution in [3.8, 4) is 0 Å². The monoisotopic (exact) mass is 258 g/mol. The molecule has 6 heteroatoms. The van der Waals surface area contributed by atoms with Gasteiger partial charge >= 0.3 is 12.0 Å². The van der Waals surface area contributed by atoms with Crippen molar-refractivity contribution in [1.82, 2.24) is 10.2 Å². The summed E-state index contributed by atoms with van der Waals surface area (Å²) in [5.74, 6) is -0.527. The molecule has 6 nitrogen and oxygen atoms in total. The summed E-state index contributed by atoms with van der Waals surface area (Å²) in [6, 6.07) is -1.29. The van der Waals surface area contributed by atoms with Crippen LogP contribution in [0.2, 0.25) is 0 Å². The fraction of sp³-hybridized carbons (Fsp3) is 0.833. The quantitative estimate of drug-likeness (QED) is 0.742. The summed E-state index contributed by atoms with van der Waals surface area (Å²) in [7, 11) is 1.41. The second-order valence-electron chi connectivity index (χ2n) is 4.69. The first-order valence-corrected chi connectivity index (χ1v) is 6.35. The second-order valence-corrected chi connectivity index (χ2v) is 4.69. The number of carboxylic acids is 1. The number of methoxy groups -OCH3 is 1. The van der Waals surface area contributed by atoms with Gasteiger partial charge in [-0.3, -0.25) is 0 Å². The van der Waals surface area contributed by atoms with E-state index in [-0.39, 0.29) is 12.6 Å². The molecule has 1 aliphatic rings. The lowest BCUT2D eigenvalue weighted by Crippen LogP contribution is -2.49. The van der Waals surface area contributed by atoms with Gasteiger partial charge in [0.25, 0.3) is 0 Å². The third-order valence-electron chi connectivity index (χ3n) is 3.20. The number of amides is 2. The maximum atomic E-state index is 11.9. The van der Waals surface area contributed by atoms with Gasteiger partial charge in [0.1, 0.15) is 0 Å². The molecule has 1 heterocycles. The van der Waals surface area contributed by atoms with Gasteiger partial charge in [0.15, 0.2) is 6.04 Å². The van der Waals surface area contributed by atoms with Gasteiger partial charge in [-0.1, -0.05) is 13.3 Å². The summed E-state index contributed by atoms with van der Waals surface area (Å²) >= 11 is 0. The van der Waals surface area contributed by atoms with E-state index in [1.807, 2.05) is 0 Å². The van der Waals surface area contributed by atoms with Crippen LogP contribution in [-0.4, -0.2) is 54.9 Å². The summed E-state index contributed by atoms with van der Waals surface area (Å²) in [5.41, 5.74) is 0. The van der Waals surface area contributed by atoms with Crippen molar-refractivity contribution >= 4 is 12.0 Å². The number of hydrogen-bond acceptors (Lipinski definition) is 3. The van der Waals surface area contributed by atoms with Gasteiger partial charge in [0.2, 0.25) is 0 Å². The predicted molar refractivity (Wildman–Crippen MR) is 66.4 cm³/mol. The Bertz CT molecular complexity index is 296. The zero-order valence-corrected chi connectivity index (χ0v) is 11.0. The molecular weight excluding hydrogens is 236 g/mol. The highest BCUT2D eigenvalue weighted by Crippen LogP contribution is 2.20. The largest absolute Gasteiger partial charge is 0.480 e. The molecule has 2 unspecified atom stereocenters. The van der Waals surface area contributed by atoms with E-state index in [1.165, 1.54) is 7.11 Å². The lowest BCUT2D eigenvalue weighted by atomic mass is 10.0. The molecule has 1 fully saturated rings. The molecule has 0 radical (unpaired) electrons. The van der Waals surface area contributed by atoms with E-state index in [0.29, 0.717) is 12.5 Å². The summed E-state index contributed by atoms with van der Waals surface area (Å²) in [4.78, 5) is 24.5. The van der Waals surface area contributed by atoms with Gasteiger partial charge in [-0.25, -0.2) is 9.59 Å². The maximum absolute atomic E-state index is 11.9. The van der Waals surface area contributed by atoms with Crippen molar-refractivity contribution < 1.29 is 19.4 Å². The van der Waals surface area contributed by atoms with Gasteiger partial charge in [-0.15, -0.1) is 0 Å². The molecule has 2 amide bonds. The minimum absolute atomic E-state index is 0.0205. The minimum Gasteiger partial charge on any atom is -0.480 e. The molecule has 1 rings (SSSR count). The van der Waals surface area contributed by atoms with Crippen LogP contribution in [0, 0.1) is 5.92 Å². The van der Waals surface area contributed by atoms with E-state index in [2.05, 4.69) is 12.2 Å². The zero-order chi connectivity index (χ0) is 13.5. The maximum Gasteiger partial charge on any atom is 0.328 e. The Labute approximate surface area is 107 Å². The first-order chi connectivity index (χ1) is 8.58. The first-order valence-electron chi connectivity index (χ1n) is 6.35. The third kappa shape index (κ3) is 4.18. The molecule has 0 spiro atoms. The lowest BCUT2D eigenvalue weighted by Gasteiger charge is -2.20. The first kappa shape index (κ1) is 14.8. The molecule has 1 saturated heterocycles. The number of likely N-dealkylation sites (tertiary alicyclic amines) is 1. The van der Waals surface area contributed by atoms with Crippen LogP contribution in [0.1, 0.15) is 26.2 Å². The molecular formula is C12H22N2O4. The fourth-order valence-electron chi connectivity index (χ4n) is 2.24. The van der Waals surface area contributed by atoms with Crippen LogP contribution in [0.15, 0.2) is 0 Å². The lowest BCUT2D eigenvalue weighted by molar-refractivity contribution is -0.140. The highest BCUT2D eigenvalue weighted by Gasteiger charge is 2.28. The van der Waals surface area contributed by atoms with Crippen LogP contribution in [0.3, 0.4) is 0 Å². The van der Waals surface area contributed by atoms with E-state index in [4.69, 9.17) is 9.84 Å². The minimum atomic E-state index is -1.07. The molecule has 0 saturated carbocycles. The number of ether oxygens (including phenoxy) is 1. The van der Waals surface area contributed by atoms with Crippen molar-refractivity contribution in [1.29, 1.82) is 0 Å². The highest BCUT2D eigenvalue weighted by molar-refractivity contribution is 5.82. The van der Waals surface area contributed by atoms with Gasteiger partial charge in [-0.05, 0) is 18.8 Å². The van der Waals surface area contributed by atoms with Crippen molar-refractivity contribution in [3.05, 3.63) is 0 Å². The molecule has 104 valence electrons. The van der Waals surface area contributed by atoms with Gasteiger partial charge in [0.05, 0.1) is 6.61 Å². The normalized spacial score (nSPS) is 20.8. The number of carboxylic acid groups (broad SMARTS) is 1. The van der Waals surface area contributed by atoms with Crippen LogP contribution in [0.4, 0.5) is 4.79 Å². The molecule has 18 heavy (non-hydrogen) atoms. The number of nitrogens with zero attached hydrogens (tertiary/aromatic N) is 1. The third-order valence-corrected chi connectivity index (χ3v) is 3.20. The molecule has 0 aromatic carbocycles. The number of aliphatic carboxylic acids is 1. The number of urea groups is 1. The van der Waals surface area contributed by atoms with E-state index in [1.54, 1.807) is 4.90 Å². The number of hydrogen-bond donors (Lipinski definition) is 2. The Balaban J connectivity index is 2.42. The number of carbonyl (C=O) groups is 2. The Morgan fingerprint density at radius 2 is 2.28 bits per heavy atom. The van der Waals surface area contributed by atoms with Crippen LogP contribution in [0.5, 0.6) is 0 Å². The Morgan fingerprint density at radius 3 is 2.83 bits per heavy atom. The molecule has 0 bridgehead atoms. The molecule has 2 atom stereocenters. The summed E-state index contributed by atoms with van der Waals surface area (Å²) in [5, 5.41) is 11.4. The van der Waals surface area contributed by atoms with Crippen LogP contribution >= 0.6 is 0 Å². The van der Waals surface area contributed by atoms with Gasteiger partial charge in [0, 0.05) is 20.2 Å². The van der Waals surface area contributed by atoms with Crippen LogP contribution in [-0.2, 0) is 9.53 Å². The Kier molecular flexibility index (Phi) is 5.91. The number of carbonyl (C=O) groups excluding carboxylic acids is 1. The van der Waals surface area contributed by atoms with E-state index in [9.17, 15) is 9.59 Å². The van der Waals surface area contributed by atoms with E-state index < -0.39 is 12.0 Å². The summed E-state index contributed by atoms with van der Waals surface area (Å²) < 4.78 is 4.77. The van der Waals surface area contributed by atoms with Crippen molar-refractivity contribution in [2.45, 2.75) is 32.2 Å². The average Bonchev–Trinajstić information content (AvgIpc) is 2.77. The average molecular weight is 258 g/mol. The Hall–Kier alpha value is -1.30. The number of rotatable bonds is 6.